The highest BCUT2D eigenvalue weighted by Gasteiger charge is 2.37. The smallest absolute Gasteiger partial charge is 0.336 e. The van der Waals surface area contributed by atoms with Gasteiger partial charge in [-0.3, -0.25) is 14.4 Å². The van der Waals surface area contributed by atoms with E-state index >= 15 is 0 Å². The van der Waals surface area contributed by atoms with Crippen LogP contribution in [0.5, 0.6) is 0 Å². The molecule has 2 saturated heterocycles. The summed E-state index contributed by atoms with van der Waals surface area (Å²) in [5, 5.41) is 5.42. The molecule has 0 spiro atoms. The summed E-state index contributed by atoms with van der Waals surface area (Å²) in [5.74, 6) is -1.61. The number of amides is 2. The number of aromatic amines is 1. The number of hydrogen-bond donors (Lipinski definition) is 1. The van der Waals surface area contributed by atoms with Crippen LogP contribution in [0, 0.1) is 5.82 Å². The minimum Gasteiger partial charge on any atom is -0.336 e. The Balaban J connectivity index is 1.56. The fourth-order valence-electron chi connectivity index (χ4n) is 4.22. The Hall–Kier alpha value is -3.24. The van der Waals surface area contributed by atoms with Crippen molar-refractivity contribution in [2.45, 2.75) is 37.9 Å². The zero-order valence-corrected chi connectivity index (χ0v) is 16.9. The molecule has 11 heteroatoms. The number of nitrogens with one attached hydrogen (secondary N) is 1. The first-order valence-electron chi connectivity index (χ1n) is 10.2. The van der Waals surface area contributed by atoms with Gasteiger partial charge in [-0.05, 0) is 43.0 Å². The highest BCUT2D eigenvalue weighted by atomic mass is 19.4. The third-order valence-electron chi connectivity index (χ3n) is 5.80. The van der Waals surface area contributed by atoms with E-state index in [9.17, 15) is 31.9 Å². The molecule has 2 aromatic rings. The van der Waals surface area contributed by atoms with Crippen LogP contribution < -0.4 is 5.56 Å². The van der Waals surface area contributed by atoms with Gasteiger partial charge in [-0.15, -0.1) is 0 Å². The Labute approximate surface area is 180 Å². The average Bonchev–Trinajstić information content (AvgIpc) is 2.75. The summed E-state index contributed by atoms with van der Waals surface area (Å²) in [6.07, 6.45) is -2.36. The number of piperazine rings is 1. The molecule has 1 atom stereocenters. The number of nitrogens with zero attached hydrogens (tertiary/aromatic N) is 3. The SMILES string of the molecule is O=C(c1cc(Cc2cc(C(F)(F)F)c(=O)[nH]n2)ccc1F)N1CC(=O)N2CCCC[C@H]2C1. The third kappa shape index (κ3) is 4.37. The summed E-state index contributed by atoms with van der Waals surface area (Å²) in [4.78, 5) is 39.9. The average molecular weight is 452 g/mol. The van der Waals surface area contributed by atoms with Crippen molar-refractivity contribution >= 4 is 11.8 Å². The van der Waals surface area contributed by atoms with E-state index in [1.54, 1.807) is 4.90 Å². The summed E-state index contributed by atoms with van der Waals surface area (Å²) in [6.45, 7) is 0.821. The molecule has 2 aliphatic rings. The summed E-state index contributed by atoms with van der Waals surface area (Å²) >= 11 is 0. The molecule has 0 saturated carbocycles. The van der Waals surface area contributed by atoms with Gasteiger partial charge in [0.15, 0.2) is 0 Å². The van der Waals surface area contributed by atoms with Gasteiger partial charge in [0.05, 0.1) is 11.3 Å². The number of hydrogen-bond acceptors (Lipinski definition) is 4. The van der Waals surface area contributed by atoms with E-state index in [2.05, 4.69) is 5.10 Å². The highest BCUT2D eigenvalue weighted by molar-refractivity contribution is 5.97. The standard InChI is InChI=1S/C21H20F4N4O3/c22-17-5-4-12(7-13-9-16(21(23,24)25)19(31)27-26-13)8-15(17)20(32)28-10-14-3-1-2-6-29(14)18(30)11-28/h4-5,8-9,14H,1-3,6-7,10-11H2,(H,27,31)/t14-/m0/s1. The first-order chi connectivity index (χ1) is 15.1. The van der Waals surface area contributed by atoms with Crippen molar-refractivity contribution in [3.8, 4) is 0 Å². The van der Waals surface area contributed by atoms with Crippen molar-refractivity contribution < 1.29 is 27.2 Å². The molecule has 2 fully saturated rings. The normalized spacial score (nSPS) is 19.1. The lowest BCUT2D eigenvalue weighted by Crippen LogP contribution is -2.59. The molecular weight excluding hydrogens is 432 g/mol. The van der Waals surface area contributed by atoms with Crippen LogP contribution in [0.1, 0.15) is 46.4 Å². The number of benzene rings is 1. The van der Waals surface area contributed by atoms with Gasteiger partial charge in [0, 0.05) is 25.6 Å². The molecule has 0 radical (unpaired) electrons. The van der Waals surface area contributed by atoms with Gasteiger partial charge in [0.25, 0.3) is 11.5 Å². The minimum absolute atomic E-state index is 0.0899. The van der Waals surface area contributed by atoms with Crippen LogP contribution >= 0.6 is 0 Å². The first kappa shape index (κ1) is 22.0. The monoisotopic (exact) mass is 452 g/mol. The first-order valence-corrected chi connectivity index (χ1v) is 10.2. The van der Waals surface area contributed by atoms with E-state index in [0.717, 1.165) is 25.3 Å². The van der Waals surface area contributed by atoms with Crippen molar-refractivity contribution in [1.82, 2.24) is 20.0 Å². The molecule has 7 nitrogen and oxygen atoms in total. The lowest BCUT2D eigenvalue weighted by atomic mass is 9.98. The third-order valence-corrected chi connectivity index (χ3v) is 5.80. The maximum absolute atomic E-state index is 14.5. The van der Waals surface area contributed by atoms with E-state index in [-0.39, 0.29) is 36.2 Å². The number of rotatable bonds is 3. The second kappa shape index (κ2) is 8.36. The number of halogens is 4. The molecule has 0 unspecified atom stereocenters. The molecule has 2 aliphatic heterocycles. The molecular formula is C21H20F4N4O3. The molecule has 2 amide bonds. The van der Waals surface area contributed by atoms with E-state index in [4.69, 9.17) is 0 Å². The van der Waals surface area contributed by atoms with Crippen LogP contribution in [0.15, 0.2) is 29.1 Å². The largest absolute Gasteiger partial charge is 0.421 e. The summed E-state index contributed by atoms with van der Waals surface area (Å²) in [5.41, 5.74) is -2.76. The van der Waals surface area contributed by atoms with E-state index in [1.165, 1.54) is 17.0 Å². The number of aromatic nitrogens is 2. The van der Waals surface area contributed by atoms with Crippen LogP contribution in [0.4, 0.5) is 17.6 Å². The van der Waals surface area contributed by atoms with Gasteiger partial charge < -0.3 is 9.80 Å². The number of alkyl halides is 3. The molecule has 1 aromatic heterocycles. The second-order valence-corrected chi connectivity index (χ2v) is 8.01. The quantitative estimate of drug-likeness (QED) is 0.725. The van der Waals surface area contributed by atoms with E-state index in [1.807, 2.05) is 5.10 Å². The van der Waals surface area contributed by atoms with Gasteiger partial charge in [-0.25, -0.2) is 9.49 Å². The van der Waals surface area contributed by atoms with E-state index in [0.29, 0.717) is 24.7 Å². The van der Waals surface area contributed by atoms with Gasteiger partial charge in [-0.2, -0.15) is 18.3 Å². The molecule has 1 N–H and O–H groups in total. The Morgan fingerprint density at radius 1 is 1.19 bits per heavy atom. The Morgan fingerprint density at radius 2 is 1.97 bits per heavy atom. The van der Waals surface area contributed by atoms with Crippen molar-refractivity contribution in [1.29, 1.82) is 0 Å². The minimum atomic E-state index is -4.84. The Morgan fingerprint density at radius 3 is 2.72 bits per heavy atom. The van der Waals surface area contributed by atoms with Crippen molar-refractivity contribution in [3.63, 3.8) is 0 Å². The van der Waals surface area contributed by atoms with Crippen LogP contribution in [0.25, 0.3) is 0 Å². The number of H-pyrrole nitrogens is 1. The maximum Gasteiger partial charge on any atom is 0.421 e. The zero-order valence-electron chi connectivity index (χ0n) is 16.9. The van der Waals surface area contributed by atoms with Gasteiger partial charge >= 0.3 is 6.18 Å². The van der Waals surface area contributed by atoms with Crippen LogP contribution in [0.2, 0.25) is 0 Å². The lowest BCUT2D eigenvalue weighted by molar-refractivity contribution is -0.140. The molecule has 0 bridgehead atoms. The van der Waals surface area contributed by atoms with Crippen molar-refractivity contribution in [3.05, 3.63) is 62.8 Å². The van der Waals surface area contributed by atoms with Crippen LogP contribution in [-0.2, 0) is 17.4 Å². The fourth-order valence-corrected chi connectivity index (χ4v) is 4.22. The fraction of sp³-hybridized carbons (Fsp3) is 0.429. The van der Waals surface area contributed by atoms with Gasteiger partial charge in [-0.1, -0.05) is 6.07 Å². The molecule has 170 valence electrons. The molecule has 4 rings (SSSR count). The van der Waals surface area contributed by atoms with Crippen molar-refractivity contribution in [2.24, 2.45) is 0 Å². The Bertz CT molecular complexity index is 1110. The van der Waals surface area contributed by atoms with Crippen molar-refractivity contribution in [2.75, 3.05) is 19.6 Å². The number of fused-ring (bicyclic) bond motifs is 1. The van der Waals surface area contributed by atoms with Crippen LogP contribution in [-0.4, -0.2) is 57.5 Å². The summed E-state index contributed by atoms with van der Waals surface area (Å²) < 4.78 is 53.4. The molecule has 0 aliphatic carbocycles. The van der Waals surface area contributed by atoms with Gasteiger partial charge in [0.1, 0.15) is 17.9 Å². The number of carbonyl (C=O) groups is 2. The number of piperidine rings is 1. The van der Waals surface area contributed by atoms with Crippen LogP contribution in [0.3, 0.4) is 0 Å². The second-order valence-electron chi connectivity index (χ2n) is 8.01. The molecule has 32 heavy (non-hydrogen) atoms. The lowest BCUT2D eigenvalue weighted by Gasteiger charge is -2.43. The zero-order chi connectivity index (χ0) is 23.0. The van der Waals surface area contributed by atoms with E-state index < -0.39 is 29.0 Å². The topological polar surface area (TPSA) is 86.4 Å². The predicted octanol–water partition coefficient (Wildman–Crippen LogP) is 2.36. The molecule has 3 heterocycles. The highest BCUT2D eigenvalue weighted by Crippen LogP contribution is 2.27. The summed E-state index contributed by atoms with van der Waals surface area (Å²) in [6, 6.07) is 4.17. The predicted molar refractivity (Wildman–Crippen MR) is 104 cm³/mol. The number of carbonyl (C=O) groups excluding carboxylic acids is 2. The Kier molecular flexibility index (Phi) is 5.74. The van der Waals surface area contributed by atoms with Gasteiger partial charge in [0.2, 0.25) is 5.91 Å². The maximum atomic E-state index is 14.5. The summed E-state index contributed by atoms with van der Waals surface area (Å²) in [7, 11) is 0. The molecule has 1 aromatic carbocycles.